The van der Waals surface area contributed by atoms with Gasteiger partial charge in [0.1, 0.15) is 23.0 Å². The van der Waals surface area contributed by atoms with Gasteiger partial charge in [0.15, 0.2) is 0 Å². The number of fused-ring (bicyclic) bond motifs is 11. The minimum Gasteiger partial charge on any atom is -0.457 e. The molecule has 0 fully saturated rings. The Morgan fingerprint density at radius 2 is 1.09 bits per heavy atom. The van der Waals surface area contributed by atoms with Crippen molar-refractivity contribution < 1.29 is 4.74 Å². The molecule has 4 aromatic heterocycles. The summed E-state index contributed by atoms with van der Waals surface area (Å²) in [4.78, 5) is 10.1. The molecule has 0 spiro atoms. The van der Waals surface area contributed by atoms with Crippen LogP contribution in [0.5, 0.6) is 11.5 Å². The normalized spacial score (nSPS) is 11.9. The zero-order valence-corrected chi connectivity index (χ0v) is 32.2. The molecule has 272 valence electrons. The molecule has 0 unspecified atom stereocenters. The van der Waals surface area contributed by atoms with E-state index in [9.17, 15) is 0 Å². The summed E-state index contributed by atoms with van der Waals surface area (Å²) in [5.41, 5.74) is 16.2. The number of benzene rings is 7. The van der Waals surface area contributed by atoms with Gasteiger partial charge in [0.25, 0.3) is 0 Å². The van der Waals surface area contributed by atoms with E-state index in [-0.39, 0.29) is 0 Å². The predicted molar refractivity (Wildman–Crippen MR) is 236 cm³/mol. The second-order valence-electron chi connectivity index (χ2n) is 15.2. The number of hydrogen-bond acceptors (Lipinski definition) is 3. The highest BCUT2D eigenvalue weighted by Crippen LogP contribution is 2.46. The predicted octanol–water partition coefficient (Wildman–Crippen LogP) is 13.6. The van der Waals surface area contributed by atoms with E-state index < -0.39 is 0 Å². The first-order chi connectivity index (χ1) is 27.9. The lowest BCUT2D eigenvalue weighted by molar-refractivity contribution is 0.484. The Bertz CT molecular complexity index is 3390. The Balaban J connectivity index is 1.20. The van der Waals surface area contributed by atoms with Crippen LogP contribution in [-0.4, -0.2) is 18.9 Å². The highest BCUT2D eigenvalue weighted by atomic mass is 16.5. The summed E-state index contributed by atoms with van der Waals surface area (Å²) in [6, 6.07) is 53.7. The quantitative estimate of drug-likeness (QED) is 0.165. The van der Waals surface area contributed by atoms with Gasteiger partial charge in [0.2, 0.25) is 0 Å². The van der Waals surface area contributed by atoms with E-state index in [1.807, 2.05) is 24.4 Å². The van der Waals surface area contributed by atoms with Crippen LogP contribution in [0.15, 0.2) is 158 Å². The number of ether oxygens (including phenoxy) is 1. The van der Waals surface area contributed by atoms with Gasteiger partial charge in [-0.1, -0.05) is 84.9 Å². The fourth-order valence-corrected chi connectivity index (χ4v) is 9.29. The van der Waals surface area contributed by atoms with Crippen molar-refractivity contribution in [3.63, 3.8) is 0 Å². The highest BCUT2D eigenvalue weighted by molar-refractivity contribution is 6.22. The van der Waals surface area contributed by atoms with Crippen molar-refractivity contribution in [2.75, 3.05) is 0 Å². The Morgan fingerprint density at radius 3 is 1.82 bits per heavy atom. The van der Waals surface area contributed by atoms with Crippen LogP contribution in [0.4, 0.5) is 0 Å². The molecule has 0 radical (unpaired) electrons. The largest absolute Gasteiger partial charge is 0.457 e. The first-order valence-electron chi connectivity index (χ1n) is 19.5. The van der Waals surface area contributed by atoms with Gasteiger partial charge in [-0.15, -0.1) is 0 Å². The SMILES string of the molecule is Cc1cccc(C)c1-c1ccc(-c2c(C)cccc2C)c2c1c1ccc(Oc3ccc4c5ccccc5n(-c5ccccn5)c4c3)cc1c1nc3ccccc3n12. The van der Waals surface area contributed by atoms with Crippen molar-refractivity contribution >= 4 is 60.2 Å². The highest BCUT2D eigenvalue weighted by Gasteiger charge is 2.23. The van der Waals surface area contributed by atoms with E-state index in [1.165, 1.54) is 55.3 Å². The standard InChI is InChI=1S/C52H38N4O/c1-31-13-11-14-32(2)48(31)40-26-27-41(49-33(3)15-12-16-34(49)4)51-50(40)39-25-23-35(29-42(39)52-54-43-18-6-8-20-45(43)56(51)52)57-36-22-24-38-37-17-5-7-19-44(37)55(46(38)30-36)47-21-9-10-28-53-47/h5-30H,1-4H3. The summed E-state index contributed by atoms with van der Waals surface area (Å²) in [6.45, 7) is 8.87. The van der Waals surface area contributed by atoms with Gasteiger partial charge in [-0.25, -0.2) is 9.97 Å². The molecule has 0 aliphatic rings. The van der Waals surface area contributed by atoms with Crippen molar-refractivity contribution in [3.8, 4) is 39.6 Å². The molecule has 0 atom stereocenters. The Hall–Kier alpha value is -7.24. The molecule has 0 aliphatic carbocycles. The molecule has 11 rings (SSSR count). The lowest BCUT2D eigenvalue weighted by atomic mass is 9.86. The van der Waals surface area contributed by atoms with Crippen LogP contribution in [0.25, 0.3) is 88.2 Å². The minimum atomic E-state index is 0.746. The number of pyridine rings is 2. The van der Waals surface area contributed by atoms with Gasteiger partial charge in [-0.05, 0) is 133 Å². The number of aryl methyl sites for hydroxylation is 4. The molecule has 4 heterocycles. The molecule has 57 heavy (non-hydrogen) atoms. The van der Waals surface area contributed by atoms with E-state index in [2.05, 4.69) is 170 Å². The van der Waals surface area contributed by atoms with Crippen LogP contribution in [0.3, 0.4) is 0 Å². The fraction of sp³-hybridized carbons (Fsp3) is 0.0769. The summed E-state index contributed by atoms with van der Waals surface area (Å²) in [5.74, 6) is 2.36. The van der Waals surface area contributed by atoms with Crippen LogP contribution in [0.2, 0.25) is 0 Å². The number of imidazole rings is 1. The van der Waals surface area contributed by atoms with E-state index in [1.54, 1.807) is 0 Å². The van der Waals surface area contributed by atoms with Crippen LogP contribution >= 0.6 is 0 Å². The first-order valence-corrected chi connectivity index (χ1v) is 19.5. The maximum Gasteiger partial charge on any atom is 0.146 e. The average Bonchev–Trinajstić information content (AvgIpc) is 3.78. The monoisotopic (exact) mass is 734 g/mol. The lowest BCUT2D eigenvalue weighted by Gasteiger charge is -2.21. The first kappa shape index (κ1) is 33.1. The Labute approximate surface area is 330 Å². The Kier molecular flexibility index (Phi) is 7.35. The van der Waals surface area contributed by atoms with E-state index in [0.29, 0.717) is 0 Å². The third-order valence-corrected chi connectivity index (χ3v) is 11.7. The zero-order valence-electron chi connectivity index (χ0n) is 32.2. The molecular weight excluding hydrogens is 697 g/mol. The molecular formula is C52H38N4O. The van der Waals surface area contributed by atoms with Crippen LogP contribution in [-0.2, 0) is 0 Å². The maximum atomic E-state index is 6.82. The lowest BCUT2D eigenvalue weighted by Crippen LogP contribution is -2.00. The molecule has 5 nitrogen and oxygen atoms in total. The van der Waals surface area contributed by atoms with Crippen molar-refractivity contribution in [2.24, 2.45) is 0 Å². The van der Waals surface area contributed by atoms with Crippen molar-refractivity contribution in [3.05, 3.63) is 180 Å². The van der Waals surface area contributed by atoms with Gasteiger partial charge in [-0.3, -0.25) is 8.97 Å². The second-order valence-corrected chi connectivity index (χ2v) is 15.2. The zero-order chi connectivity index (χ0) is 38.4. The van der Waals surface area contributed by atoms with Gasteiger partial charge < -0.3 is 4.74 Å². The van der Waals surface area contributed by atoms with Gasteiger partial charge in [-0.2, -0.15) is 0 Å². The molecule has 11 aromatic rings. The third-order valence-electron chi connectivity index (χ3n) is 11.7. The van der Waals surface area contributed by atoms with Crippen LogP contribution < -0.4 is 4.74 Å². The average molecular weight is 735 g/mol. The molecule has 5 heteroatoms. The molecule has 7 aromatic carbocycles. The maximum absolute atomic E-state index is 6.82. The number of aromatic nitrogens is 4. The van der Waals surface area contributed by atoms with E-state index in [0.717, 1.165) is 66.7 Å². The number of hydrogen-bond donors (Lipinski definition) is 0. The topological polar surface area (TPSA) is 44.3 Å². The van der Waals surface area contributed by atoms with Gasteiger partial charge in [0.05, 0.1) is 27.6 Å². The molecule has 0 saturated carbocycles. The number of rotatable bonds is 5. The summed E-state index contributed by atoms with van der Waals surface area (Å²) in [5, 5.41) is 5.70. The summed E-state index contributed by atoms with van der Waals surface area (Å²) >= 11 is 0. The number of nitrogens with zero attached hydrogens (tertiary/aromatic N) is 4. The summed E-state index contributed by atoms with van der Waals surface area (Å²) in [7, 11) is 0. The van der Waals surface area contributed by atoms with Crippen LogP contribution in [0, 0.1) is 27.7 Å². The molecule has 0 bridgehead atoms. The minimum absolute atomic E-state index is 0.746. The third kappa shape index (κ3) is 5.02. The summed E-state index contributed by atoms with van der Waals surface area (Å²) < 4.78 is 11.4. The number of para-hydroxylation sites is 3. The molecule has 0 aliphatic heterocycles. The van der Waals surface area contributed by atoms with Crippen LogP contribution in [0.1, 0.15) is 22.3 Å². The van der Waals surface area contributed by atoms with Crippen molar-refractivity contribution in [1.29, 1.82) is 0 Å². The van der Waals surface area contributed by atoms with E-state index >= 15 is 0 Å². The smallest absolute Gasteiger partial charge is 0.146 e. The van der Waals surface area contributed by atoms with Gasteiger partial charge in [0, 0.05) is 39.4 Å². The Morgan fingerprint density at radius 1 is 0.474 bits per heavy atom. The van der Waals surface area contributed by atoms with E-state index in [4.69, 9.17) is 14.7 Å². The second kappa shape index (κ2) is 12.7. The van der Waals surface area contributed by atoms with Crippen molar-refractivity contribution in [1.82, 2.24) is 18.9 Å². The summed E-state index contributed by atoms with van der Waals surface area (Å²) in [6.07, 6.45) is 1.84. The van der Waals surface area contributed by atoms with Crippen molar-refractivity contribution in [2.45, 2.75) is 27.7 Å². The molecule has 0 N–H and O–H groups in total. The fourth-order valence-electron chi connectivity index (χ4n) is 9.29. The molecule has 0 saturated heterocycles. The molecule has 0 amide bonds. The van der Waals surface area contributed by atoms with Gasteiger partial charge >= 0.3 is 0 Å².